The second-order valence-corrected chi connectivity index (χ2v) is 4.73. The van der Waals surface area contributed by atoms with Gasteiger partial charge in [0.15, 0.2) is 5.69 Å². The summed E-state index contributed by atoms with van der Waals surface area (Å²) in [7, 11) is 1.51. The number of H-pyrrole nitrogens is 1. The van der Waals surface area contributed by atoms with Crippen molar-refractivity contribution >= 4 is 22.8 Å². The van der Waals surface area contributed by atoms with Crippen LogP contribution >= 0.6 is 0 Å². The molecule has 0 aliphatic heterocycles. The van der Waals surface area contributed by atoms with Gasteiger partial charge in [0, 0.05) is 19.0 Å². The van der Waals surface area contributed by atoms with Gasteiger partial charge in [-0.15, -0.1) is 0 Å². The molecule has 1 amide bonds. The Labute approximate surface area is 126 Å². The minimum atomic E-state index is -0.531. The van der Waals surface area contributed by atoms with E-state index in [0.717, 1.165) is 0 Å². The molecule has 0 saturated carbocycles. The van der Waals surface area contributed by atoms with Crippen molar-refractivity contribution in [3.63, 3.8) is 0 Å². The number of carbonyl (C=O) groups is 2. The van der Waals surface area contributed by atoms with E-state index in [1.54, 1.807) is 31.2 Å². The van der Waals surface area contributed by atoms with E-state index in [-0.39, 0.29) is 24.6 Å². The summed E-state index contributed by atoms with van der Waals surface area (Å²) in [5.41, 5.74) is -0.0504. The predicted molar refractivity (Wildman–Crippen MR) is 80.6 cm³/mol. The molecular formula is C15H17N3O4. The minimum Gasteiger partial charge on any atom is -0.466 e. The van der Waals surface area contributed by atoms with Gasteiger partial charge >= 0.3 is 5.97 Å². The van der Waals surface area contributed by atoms with Crippen LogP contribution in [0.25, 0.3) is 10.9 Å². The number of rotatable bonds is 5. The number of nitrogens with zero attached hydrogens (tertiary/aromatic N) is 2. The molecule has 7 nitrogen and oxygen atoms in total. The molecule has 1 N–H and O–H groups in total. The van der Waals surface area contributed by atoms with Crippen LogP contribution < -0.4 is 5.43 Å². The van der Waals surface area contributed by atoms with Crippen LogP contribution in [-0.4, -0.2) is 47.2 Å². The minimum absolute atomic E-state index is 0.0710. The largest absolute Gasteiger partial charge is 0.466 e. The molecule has 1 aromatic carbocycles. The van der Waals surface area contributed by atoms with E-state index in [9.17, 15) is 14.4 Å². The Morgan fingerprint density at radius 1 is 1.32 bits per heavy atom. The van der Waals surface area contributed by atoms with Crippen LogP contribution in [0.15, 0.2) is 29.1 Å². The number of aromatic amines is 1. The van der Waals surface area contributed by atoms with E-state index in [0.29, 0.717) is 17.5 Å². The molecule has 0 bridgehead atoms. The van der Waals surface area contributed by atoms with E-state index in [2.05, 4.69) is 10.2 Å². The third-order valence-corrected chi connectivity index (χ3v) is 3.18. The molecule has 0 radical (unpaired) electrons. The first-order valence-corrected chi connectivity index (χ1v) is 6.93. The summed E-state index contributed by atoms with van der Waals surface area (Å²) in [6, 6.07) is 6.83. The first-order chi connectivity index (χ1) is 10.5. The van der Waals surface area contributed by atoms with Gasteiger partial charge in [-0.05, 0) is 19.1 Å². The van der Waals surface area contributed by atoms with Gasteiger partial charge < -0.3 is 9.64 Å². The fourth-order valence-corrected chi connectivity index (χ4v) is 1.99. The first kappa shape index (κ1) is 15.7. The number of fused-ring (bicyclic) bond motifs is 1. The van der Waals surface area contributed by atoms with E-state index in [4.69, 9.17) is 4.74 Å². The second kappa shape index (κ2) is 6.84. The molecule has 2 aromatic rings. The molecule has 0 aliphatic rings. The maximum Gasteiger partial charge on any atom is 0.307 e. The van der Waals surface area contributed by atoms with Crippen LogP contribution in [0.5, 0.6) is 0 Å². The Kier molecular flexibility index (Phi) is 4.88. The predicted octanol–water partition coefficient (Wildman–Crippen LogP) is 0.948. The van der Waals surface area contributed by atoms with Gasteiger partial charge in [-0.25, -0.2) is 0 Å². The van der Waals surface area contributed by atoms with Gasteiger partial charge in [0.25, 0.3) is 5.91 Å². The van der Waals surface area contributed by atoms with Crippen LogP contribution in [0.2, 0.25) is 0 Å². The Balaban J connectivity index is 2.17. The lowest BCUT2D eigenvalue weighted by Crippen LogP contribution is -2.34. The monoisotopic (exact) mass is 303 g/mol. The number of benzene rings is 1. The van der Waals surface area contributed by atoms with Crippen LogP contribution in [0.3, 0.4) is 0 Å². The van der Waals surface area contributed by atoms with Crippen molar-refractivity contribution in [2.24, 2.45) is 0 Å². The molecule has 0 fully saturated rings. The lowest BCUT2D eigenvalue weighted by Gasteiger charge is -2.15. The van der Waals surface area contributed by atoms with Gasteiger partial charge in [0.1, 0.15) is 0 Å². The molecule has 0 aliphatic carbocycles. The van der Waals surface area contributed by atoms with E-state index in [1.807, 2.05) is 0 Å². The molecule has 0 atom stereocenters. The highest BCUT2D eigenvalue weighted by molar-refractivity contribution is 5.95. The third kappa shape index (κ3) is 3.30. The zero-order valence-corrected chi connectivity index (χ0v) is 12.5. The molecule has 22 heavy (non-hydrogen) atoms. The Morgan fingerprint density at radius 2 is 2.05 bits per heavy atom. The van der Waals surface area contributed by atoms with Crippen LogP contribution in [0.4, 0.5) is 0 Å². The standard InChI is InChI=1S/C15H17N3O4/c1-3-22-12(19)8-9-18(2)15(21)13-14(20)10-6-4-5-7-11(10)16-17-13/h4-7H,3,8-9H2,1-2H3,(H,16,20). The van der Waals surface area contributed by atoms with Gasteiger partial charge in [0.05, 0.1) is 18.5 Å². The maximum absolute atomic E-state index is 12.3. The summed E-state index contributed by atoms with van der Waals surface area (Å²) in [5, 5.41) is 6.94. The lowest BCUT2D eigenvalue weighted by atomic mass is 10.2. The summed E-state index contributed by atoms with van der Waals surface area (Å²) >= 11 is 0. The number of para-hydroxylation sites is 1. The van der Waals surface area contributed by atoms with Crippen molar-refractivity contribution in [3.8, 4) is 0 Å². The van der Waals surface area contributed by atoms with Crippen LogP contribution in [0.1, 0.15) is 23.8 Å². The molecule has 1 aromatic heterocycles. The zero-order valence-electron chi connectivity index (χ0n) is 12.5. The van der Waals surface area contributed by atoms with Gasteiger partial charge in [-0.2, -0.15) is 5.10 Å². The molecule has 0 saturated heterocycles. The number of carbonyl (C=O) groups excluding carboxylic acids is 2. The number of hydrogen-bond donors (Lipinski definition) is 1. The van der Waals surface area contributed by atoms with E-state index < -0.39 is 11.3 Å². The van der Waals surface area contributed by atoms with Crippen molar-refractivity contribution in [3.05, 3.63) is 40.2 Å². The maximum atomic E-state index is 12.3. The summed E-state index contributed by atoms with van der Waals surface area (Å²) in [5.74, 6) is -0.918. The summed E-state index contributed by atoms with van der Waals surface area (Å²) in [4.78, 5) is 37.1. The van der Waals surface area contributed by atoms with Crippen molar-refractivity contribution in [2.45, 2.75) is 13.3 Å². The Morgan fingerprint density at radius 3 is 2.77 bits per heavy atom. The highest BCUT2D eigenvalue weighted by atomic mass is 16.5. The number of hydrogen-bond acceptors (Lipinski definition) is 5. The number of amides is 1. The molecule has 7 heteroatoms. The summed E-state index contributed by atoms with van der Waals surface area (Å²) < 4.78 is 4.80. The number of aromatic nitrogens is 2. The fourth-order valence-electron chi connectivity index (χ4n) is 1.99. The molecule has 0 unspecified atom stereocenters. The van der Waals surface area contributed by atoms with Crippen LogP contribution in [-0.2, 0) is 9.53 Å². The number of esters is 1. The Bertz CT molecular complexity index is 754. The van der Waals surface area contributed by atoms with Crippen molar-refractivity contribution < 1.29 is 14.3 Å². The highest BCUT2D eigenvalue weighted by Crippen LogP contribution is 2.06. The summed E-state index contributed by atoms with van der Waals surface area (Å²) in [6.07, 6.45) is 0.0710. The topological polar surface area (TPSA) is 92.4 Å². The summed E-state index contributed by atoms with van der Waals surface area (Å²) in [6.45, 7) is 2.17. The second-order valence-electron chi connectivity index (χ2n) is 4.73. The molecule has 116 valence electrons. The zero-order chi connectivity index (χ0) is 16.1. The average molecular weight is 303 g/mol. The fraction of sp³-hybridized carbons (Fsp3) is 0.333. The average Bonchev–Trinajstić information content (AvgIpc) is 2.53. The van der Waals surface area contributed by atoms with Crippen molar-refractivity contribution in [1.82, 2.24) is 15.1 Å². The SMILES string of the molecule is CCOC(=O)CCN(C)C(=O)c1n[nH]c2ccccc2c1=O. The van der Waals surface area contributed by atoms with Gasteiger partial charge in [0.2, 0.25) is 5.43 Å². The smallest absolute Gasteiger partial charge is 0.307 e. The van der Waals surface area contributed by atoms with Gasteiger partial charge in [-0.3, -0.25) is 19.5 Å². The van der Waals surface area contributed by atoms with Crippen molar-refractivity contribution in [2.75, 3.05) is 20.2 Å². The van der Waals surface area contributed by atoms with Crippen molar-refractivity contribution in [1.29, 1.82) is 0 Å². The number of ether oxygens (including phenoxy) is 1. The lowest BCUT2D eigenvalue weighted by molar-refractivity contribution is -0.143. The quantitative estimate of drug-likeness (QED) is 0.830. The Hall–Kier alpha value is -2.70. The van der Waals surface area contributed by atoms with E-state index in [1.165, 1.54) is 11.9 Å². The van der Waals surface area contributed by atoms with Crippen LogP contribution in [0, 0.1) is 0 Å². The van der Waals surface area contributed by atoms with E-state index >= 15 is 0 Å². The molecule has 1 heterocycles. The third-order valence-electron chi connectivity index (χ3n) is 3.18. The first-order valence-electron chi connectivity index (χ1n) is 6.93. The molecule has 0 spiro atoms. The highest BCUT2D eigenvalue weighted by Gasteiger charge is 2.19. The van der Waals surface area contributed by atoms with Gasteiger partial charge in [-0.1, -0.05) is 12.1 Å². The molecule has 2 rings (SSSR count). The number of nitrogens with one attached hydrogen (secondary N) is 1. The molecular weight excluding hydrogens is 286 g/mol. The normalized spacial score (nSPS) is 10.5.